The molecule has 0 unspecified atom stereocenters. The highest BCUT2D eigenvalue weighted by Gasteiger charge is 2.14. The lowest BCUT2D eigenvalue weighted by molar-refractivity contribution is -0.118. The Labute approximate surface area is 157 Å². The molecule has 0 aromatic heterocycles. The van der Waals surface area contributed by atoms with Crippen molar-refractivity contribution in [1.82, 2.24) is 0 Å². The maximum atomic E-state index is 12.0. The highest BCUT2D eigenvalue weighted by Crippen LogP contribution is 2.36. The minimum absolute atomic E-state index is 0.251. The summed E-state index contributed by atoms with van der Waals surface area (Å²) in [5.41, 5.74) is 0.807. The Hall–Kier alpha value is -1.76. The fourth-order valence-corrected chi connectivity index (χ4v) is 2.79. The van der Waals surface area contributed by atoms with Crippen LogP contribution in [0.3, 0.4) is 0 Å². The van der Waals surface area contributed by atoms with Crippen LogP contribution in [-0.2, 0) is 4.79 Å². The predicted octanol–water partition coefficient (Wildman–Crippen LogP) is 4.59. The molecule has 8 heteroatoms. The lowest BCUT2D eigenvalue weighted by Crippen LogP contribution is -2.20. The van der Waals surface area contributed by atoms with E-state index in [1.165, 1.54) is 13.2 Å². The van der Waals surface area contributed by atoms with Crippen LogP contribution in [0.4, 0.5) is 5.69 Å². The van der Waals surface area contributed by atoms with E-state index in [1.807, 2.05) is 0 Å². The number of halogens is 3. The molecule has 2 aromatic carbocycles. The summed E-state index contributed by atoms with van der Waals surface area (Å²) in [5, 5.41) is 3.20. The smallest absolute Gasteiger partial charge is 0.262 e. The van der Waals surface area contributed by atoms with E-state index < -0.39 is 5.91 Å². The highest BCUT2D eigenvalue weighted by molar-refractivity contribution is 9.10. The monoisotopic (exact) mass is 431 g/mol. The van der Waals surface area contributed by atoms with Gasteiger partial charge in [-0.25, -0.2) is 0 Å². The van der Waals surface area contributed by atoms with Crippen LogP contribution in [-0.4, -0.2) is 25.9 Å². The Balaban J connectivity index is 2.09. The summed E-state index contributed by atoms with van der Waals surface area (Å²) >= 11 is 15.2. The van der Waals surface area contributed by atoms with Crippen LogP contribution in [0.2, 0.25) is 10.0 Å². The lowest BCUT2D eigenvalue weighted by atomic mass is 10.2. The summed E-state index contributed by atoms with van der Waals surface area (Å²) in [5.74, 6) is 0.225. The van der Waals surface area contributed by atoms with Crippen LogP contribution in [0.15, 0.2) is 34.8 Å². The van der Waals surface area contributed by atoms with E-state index in [1.54, 1.807) is 24.3 Å². The van der Waals surface area contributed by atoms with Crippen LogP contribution in [0, 0.1) is 0 Å². The second-order valence-electron chi connectivity index (χ2n) is 4.59. The Bertz CT molecular complexity index is 783. The third-order valence-corrected chi connectivity index (χ3v) is 4.37. The first kappa shape index (κ1) is 18.6. The Kier molecular flexibility index (Phi) is 6.48. The van der Waals surface area contributed by atoms with E-state index in [4.69, 9.17) is 32.7 Å². The van der Waals surface area contributed by atoms with Crippen LogP contribution < -0.4 is 14.8 Å². The average Bonchev–Trinajstić information content (AvgIpc) is 2.57. The van der Waals surface area contributed by atoms with Gasteiger partial charge in [-0.15, -0.1) is 0 Å². The molecule has 126 valence electrons. The number of rotatable bonds is 6. The molecule has 0 fully saturated rings. The first-order valence-corrected chi connectivity index (χ1v) is 8.20. The van der Waals surface area contributed by atoms with Gasteiger partial charge in [0.25, 0.3) is 5.91 Å². The van der Waals surface area contributed by atoms with Crippen molar-refractivity contribution in [2.75, 3.05) is 19.0 Å². The number of nitrogens with one attached hydrogen (secondary N) is 1. The molecule has 0 heterocycles. The van der Waals surface area contributed by atoms with Gasteiger partial charge < -0.3 is 14.8 Å². The number of amides is 1. The third kappa shape index (κ3) is 4.41. The summed E-state index contributed by atoms with van der Waals surface area (Å²) in [4.78, 5) is 22.9. The normalized spacial score (nSPS) is 10.2. The van der Waals surface area contributed by atoms with Gasteiger partial charge in [0.1, 0.15) is 6.29 Å². The van der Waals surface area contributed by atoms with Gasteiger partial charge in [-0.05, 0) is 40.2 Å². The van der Waals surface area contributed by atoms with Crippen molar-refractivity contribution in [3.63, 3.8) is 0 Å². The second-order valence-corrected chi connectivity index (χ2v) is 6.23. The molecule has 2 aromatic rings. The van der Waals surface area contributed by atoms with E-state index in [9.17, 15) is 9.59 Å². The van der Waals surface area contributed by atoms with Gasteiger partial charge in [0.15, 0.2) is 18.1 Å². The number of aldehydes is 1. The minimum Gasteiger partial charge on any atom is -0.493 e. The number of anilines is 1. The topological polar surface area (TPSA) is 64.6 Å². The maximum Gasteiger partial charge on any atom is 0.262 e. The molecule has 0 radical (unpaired) electrons. The molecule has 0 aliphatic rings. The first-order valence-electron chi connectivity index (χ1n) is 6.65. The second kappa shape index (κ2) is 8.37. The highest BCUT2D eigenvalue weighted by atomic mass is 79.9. The van der Waals surface area contributed by atoms with E-state index in [0.29, 0.717) is 38.5 Å². The van der Waals surface area contributed by atoms with Gasteiger partial charge in [0, 0.05) is 5.56 Å². The van der Waals surface area contributed by atoms with Crippen molar-refractivity contribution in [3.05, 3.63) is 50.4 Å². The lowest BCUT2D eigenvalue weighted by Gasteiger charge is -2.13. The molecule has 24 heavy (non-hydrogen) atoms. The zero-order valence-electron chi connectivity index (χ0n) is 12.4. The molecule has 5 nitrogen and oxygen atoms in total. The Morgan fingerprint density at radius 3 is 2.75 bits per heavy atom. The molecule has 0 aliphatic carbocycles. The van der Waals surface area contributed by atoms with E-state index in [0.717, 1.165) is 0 Å². The summed E-state index contributed by atoms with van der Waals surface area (Å²) in [6.45, 7) is -0.280. The van der Waals surface area contributed by atoms with Gasteiger partial charge in [0.2, 0.25) is 0 Å². The number of benzene rings is 2. The van der Waals surface area contributed by atoms with E-state index in [-0.39, 0.29) is 11.6 Å². The van der Waals surface area contributed by atoms with Crippen molar-refractivity contribution in [2.45, 2.75) is 0 Å². The number of carbonyl (C=O) groups is 2. The number of hydrogen-bond donors (Lipinski definition) is 1. The summed E-state index contributed by atoms with van der Waals surface area (Å²) in [6.07, 6.45) is 0.685. The Morgan fingerprint density at radius 1 is 1.33 bits per heavy atom. The summed E-state index contributed by atoms with van der Waals surface area (Å²) in [6, 6.07) is 7.99. The van der Waals surface area contributed by atoms with Gasteiger partial charge in [-0.3, -0.25) is 9.59 Å². The molecule has 0 saturated carbocycles. The molecular weight excluding hydrogens is 421 g/mol. The van der Waals surface area contributed by atoms with Crippen molar-refractivity contribution in [1.29, 1.82) is 0 Å². The fraction of sp³-hybridized carbons (Fsp3) is 0.125. The third-order valence-electron chi connectivity index (χ3n) is 2.96. The molecule has 0 atom stereocenters. The van der Waals surface area contributed by atoms with Gasteiger partial charge >= 0.3 is 0 Å². The molecule has 0 spiro atoms. The standard InChI is InChI=1S/C16H12BrCl2NO4/c1-23-13-6-9(7-21)5-10(17)16(13)24-8-14(22)20-12-4-2-3-11(18)15(12)19/h2-7H,8H2,1H3,(H,20,22). The van der Waals surface area contributed by atoms with E-state index >= 15 is 0 Å². The summed E-state index contributed by atoms with van der Waals surface area (Å²) in [7, 11) is 1.44. The van der Waals surface area contributed by atoms with Gasteiger partial charge in [0.05, 0.1) is 27.3 Å². The Morgan fingerprint density at radius 2 is 2.08 bits per heavy atom. The van der Waals surface area contributed by atoms with Crippen molar-refractivity contribution >= 4 is 57.0 Å². The maximum absolute atomic E-state index is 12.0. The fourth-order valence-electron chi connectivity index (χ4n) is 1.87. The molecule has 1 N–H and O–H groups in total. The number of hydrogen-bond acceptors (Lipinski definition) is 4. The zero-order chi connectivity index (χ0) is 17.7. The van der Waals surface area contributed by atoms with E-state index in [2.05, 4.69) is 21.2 Å². The molecular formula is C16H12BrCl2NO4. The van der Waals surface area contributed by atoms with Crippen molar-refractivity contribution in [3.8, 4) is 11.5 Å². The van der Waals surface area contributed by atoms with Crippen molar-refractivity contribution < 1.29 is 19.1 Å². The van der Waals surface area contributed by atoms with Gasteiger partial charge in [-0.1, -0.05) is 29.3 Å². The average molecular weight is 433 g/mol. The molecule has 1 amide bonds. The largest absolute Gasteiger partial charge is 0.493 e. The zero-order valence-corrected chi connectivity index (χ0v) is 15.5. The number of ether oxygens (including phenoxy) is 2. The summed E-state index contributed by atoms with van der Waals surface area (Å²) < 4.78 is 11.2. The minimum atomic E-state index is -0.424. The number of carbonyl (C=O) groups excluding carboxylic acids is 2. The van der Waals surface area contributed by atoms with Crippen molar-refractivity contribution in [2.24, 2.45) is 0 Å². The van der Waals surface area contributed by atoms with Crippen LogP contribution in [0.1, 0.15) is 10.4 Å². The number of methoxy groups -OCH3 is 1. The first-order chi connectivity index (χ1) is 11.5. The SMILES string of the molecule is COc1cc(C=O)cc(Br)c1OCC(=O)Nc1cccc(Cl)c1Cl. The van der Waals surface area contributed by atoms with Gasteiger partial charge in [-0.2, -0.15) is 0 Å². The molecule has 2 rings (SSSR count). The molecule has 0 aliphatic heterocycles. The van der Waals surface area contributed by atoms with Crippen LogP contribution in [0.25, 0.3) is 0 Å². The van der Waals surface area contributed by atoms with Crippen LogP contribution >= 0.6 is 39.1 Å². The van der Waals surface area contributed by atoms with Crippen LogP contribution in [0.5, 0.6) is 11.5 Å². The quantitative estimate of drug-likeness (QED) is 0.677. The predicted molar refractivity (Wildman–Crippen MR) is 96.7 cm³/mol. The molecule has 0 saturated heterocycles. The molecule has 0 bridgehead atoms.